The van der Waals surface area contributed by atoms with Gasteiger partial charge in [-0.3, -0.25) is 0 Å². The number of rotatable bonds is 4. The summed E-state index contributed by atoms with van der Waals surface area (Å²) in [6.07, 6.45) is -0.467. The van der Waals surface area contributed by atoms with E-state index in [1.807, 2.05) is 0 Å². The van der Waals surface area contributed by atoms with E-state index in [2.05, 4.69) is 0 Å². The van der Waals surface area contributed by atoms with Crippen molar-refractivity contribution in [2.45, 2.75) is 26.4 Å². The summed E-state index contributed by atoms with van der Waals surface area (Å²) in [6.45, 7) is 3.56. The number of halogens is 2. The summed E-state index contributed by atoms with van der Waals surface area (Å²) in [6, 6.07) is 3.30. The molecule has 1 aromatic carbocycles. The molecule has 1 aromatic rings. The van der Waals surface area contributed by atoms with Crippen LogP contribution < -0.4 is 5.73 Å². The Labute approximate surface area is 94.1 Å². The highest BCUT2D eigenvalue weighted by Crippen LogP contribution is 2.27. The summed E-state index contributed by atoms with van der Waals surface area (Å²) in [5.74, 6) is -0.955. The Bertz CT molecular complexity index is 368. The fraction of sp³-hybridized carbons (Fsp3) is 0.500. The minimum Gasteiger partial charge on any atom is -0.393 e. The molecule has 2 atom stereocenters. The Balaban J connectivity index is 2.98. The SMILES string of the molecule is CC(O)C(C)(CN)Cc1cc(F)ccc1F. The van der Waals surface area contributed by atoms with Gasteiger partial charge in [0.15, 0.2) is 0 Å². The van der Waals surface area contributed by atoms with Crippen molar-refractivity contribution in [3.8, 4) is 0 Å². The van der Waals surface area contributed by atoms with Crippen molar-refractivity contribution in [2.24, 2.45) is 11.1 Å². The van der Waals surface area contributed by atoms with E-state index in [1.54, 1.807) is 13.8 Å². The van der Waals surface area contributed by atoms with E-state index in [4.69, 9.17) is 5.73 Å². The van der Waals surface area contributed by atoms with Gasteiger partial charge in [0, 0.05) is 12.0 Å². The second-order valence-electron chi connectivity index (χ2n) is 4.45. The average molecular weight is 229 g/mol. The molecule has 0 spiro atoms. The molecule has 4 heteroatoms. The fourth-order valence-electron chi connectivity index (χ4n) is 1.50. The molecule has 2 unspecified atom stereocenters. The predicted octanol–water partition coefficient (Wildman–Crippen LogP) is 1.85. The highest BCUT2D eigenvalue weighted by Gasteiger charge is 2.29. The van der Waals surface area contributed by atoms with E-state index in [9.17, 15) is 13.9 Å². The van der Waals surface area contributed by atoms with Crippen LogP contribution in [0.25, 0.3) is 0 Å². The van der Waals surface area contributed by atoms with E-state index in [-0.39, 0.29) is 18.5 Å². The van der Waals surface area contributed by atoms with Crippen LogP contribution in [0.3, 0.4) is 0 Å². The number of benzene rings is 1. The molecule has 0 aromatic heterocycles. The summed E-state index contributed by atoms with van der Waals surface area (Å²) in [7, 11) is 0. The standard InChI is InChI=1S/C12H17F2NO/c1-8(16)12(2,7-15)6-9-5-10(13)3-4-11(9)14/h3-5,8,16H,6-7,15H2,1-2H3. The number of aliphatic hydroxyl groups is 1. The average Bonchev–Trinajstić information content (AvgIpc) is 2.23. The quantitative estimate of drug-likeness (QED) is 0.827. The molecule has 0 bridgehead atoms. The Morgan fingerprint density at radius 2 is 2.06 bits per heavy atom. The van der Waals surface area contributed by atoms with E-state index < -0.39 is 23.2 Å². The van der Waals surface area contributed by atoms with Crippen molar-refractivity contribution >= 4 is 0 Å². The lowest BCUT2D eigenvalue weighted by Gasteiger charge is -2.31. The van der Waals surface area contributed by atoms with Gasteiger partial charge in [-0.1, -0.05) is 6.92 Å². The molecule has 0 radical (unpaired) electrons. The monoisotopic (exact) mass is 229 g/mol. The molecule has 0 fully saturated rings. The third-order valence-electron chi connectivity index (χ3n) is 3.08. The van der Waals surface area contributed by atoms with Gasteiger partial charge >= 0.3 is 0 Å². The first-order chi connectivity index (χ1) is 7.39. The first kappa shape index (κ1) is 13.1. The third kappa shape index (κ3) is 2.77. The lowest BCUT2D eigenvalue weighted by atomic mass is 9.79. The van der Waals surface area contributed by atoms with Crippen LogP contribution in [0.15, 0.2) is 18.2 Å². The van der Waals surface area contributed by atoms with Gasteiger partial charge in [-0.25, -0.2) is 8.78 Å². The smallest absolute Gasteiger partial charge is 0.126 e. The molecule has 0 saturated carbocycles. The first-order valence-electron chi connectivity index (χ1n) is 5.21. The Morgan fingerprint density at radius 3 is 2.56 bits per heavy atom. The summed E-state index contributed by atoms with van der Waals surface area (Å²) in [5, 5.41) is 9.60. The van der Waals surface area contributed by atoms with Gasteiger partial charge in [-0.05, 0) is 37.1 Å². The van der Waals surface area contributed by atoms with Crippen LogP contribution in [0.2, 0.25) is 0 Å². The lowest BCUT2D eigenvalue weighted by Crippen LogP contribution is -2.39. The normalized spacial score (nSPS) is 16.9. The molecule has 90 valence electrons. The molecular formula is C12H17F2NO. The van der Waals surface area contributed by atoms with Crippen molar-refractivity contribution < 1.29 is 13.9 Å². The minimum atomic E-state index is -0.680. The predicted molar refractivity (Wildman–Crippen MR) is 58.9 cm³/mol. The Kier molecular flexibility index (Phi) is 3.99. The van der Waals surface area contributed by atoms with E-state index in [0.29, 0.717) is 0 Å². The summed E-state index contributed by atoms with van der Waals surface area (Å²) < 4.78 is 26.4. The van der Waals surface area contributed by atoms with Gasteiger partial charge in [-0.2, -0.15) is 0 Å². The van der Waals surface area contributed by atoms with Crippen LogP contribution in [0.4, 0.5) is 8.78 Å². The van der Waals surface area contributed by atoms with Crippen LogP contribution in [0.5, 0.6) is 0 Å². The molecule has 1 rings (SSSR count). The molecule has 0 amide bonds. The summed E-state index contributed by atoms with van der Waals surface area (Å²) in [4.78, 5) is 0. The van der Waals surface area contributed by atoms with E-state index >= 15 is 0 Å². The maximum absolute atomic E-state index is 13.4. The van der Waals surface area contributed by atoms with Crippen molar-refractivity contribution in [3.63, 3.8) is 0 Å². The zero-order valence-electron chi connectivity index (χ0n) is 9.50. The van der Waals surface area contributed by atoms with Gasteiger partial charge in [0.2, 0.25) is 0 Å². The van der Waals surface area contributed by atoms with Crippen molar-refractivity contribution in [1.29, 1.82) is 0 Å². The Hall–Kier alpha value is -1.00. The maximum Gasteiger partial charge on any atom is 0.126 e. The van der Waals surface area contributed by atoms with Gasteiger partial charge in [0.1, 0.15) is 11.6 Å². The summed E-state index contributed by atoms with van der Waals surface area (Å²) in [5.41, 5.74) is 5.17. The molecular weight excluding hydrogens is 212 g/mol. The zero-order chi connectivity index (χ0) is 12.3. The van der Waals surface area contributed by atoms with Crippen molar-refractivity contribution in [2.75, 3.05) is 6.54 Å². The molecule has 2 nitrogen and oxygen atoms in total. The van der Waals surface area contributed by atoms with Gasteiger partial charge in [0.05, 0.1) is 6.10 Å². The van der Waals surface area contributed by atoms with Gasteiger partial charge in [-0.15, -0.1) is 0 Å². The van der Waals surface area contributed by atoms with Crippen LogP contribution >= 0.6 is 0 Å². The van der Waals surface area contributed by atoms with Gasteiger partial charge < -0.3 is 10.8 Å². The molecule has 0 heterocycles. The van der Waals surface area contributed by atoms with Crippen LogP contribution in [-0.2, 0) is 6.42 Å². The van der Waals surface area contributed by atoms with Gasteiger partial charge in [0.25, 0.3) is 0 Å². The van der Waals surface area contributed by atoms with Crippen LogP contribution in [0, 0.1) is 17.0 Å². The first-order valence-corrected chi connectivity index (χ1v) is 5.21. The van der Waals surface area contributed by atoms with E-state index in [1.165, 1.54) is 0 Å². The van der Waals surface area contributed by atoms with Crippen LogP contribution in [0.1, 0.15) is 19.4 Å². The summed E-state index contributed by atoms with van der Waals surface area (Å²) >= 11 is 0. The Morgan fingerprint density at radius 1 is 1.44 bits per heavy atom. The lowest BCUT2D eigenvalue weighted by molar-refractivity contribution is 0.0582. The highest BCUT2D eigenvalue weighted by molar-refractivity contribution is 5.20. The zero-order valence-corrected chi connectivity index (χ0v) is 9.50. The number of nitrogens with two attached hydrogens (primary N) is 1. The fourth-order valence-corrected chi connectivity index (χ4v) is 1.50. The topological polar surface area (TPSA) is 46.2 Å². The molecule has 0 aliphatic rings. The minimum absolute atomic E-state index is 0.209. The second kappa shape index (κ2) is 4.89. The molecule has 0 aliphatic carbocycles. The molecule has 0 saturated heterocycles. The number of hydrogen-bond donors (Lipinski definition) is 2. The molecule has 0 aliphatic heterocycles. The second-order valence-corrected chi connectivity index (χ2v) is 4.45. The number of aliphatic hydroxyl groups excluding tert-OH is 1. The maximum atomic E-state index is 13.4. The van der Waals surface area contributed by atoms with Crippen molar-refractivity contribution in [1.82, 2.24) is 0 Å². The molecule has 3 N–H and O–H groups in total. The van der Waals surface area contributed by atoms with Crippen molar-refractivity contribution in [3.05, 3.63) is 35.4 Å². The number of hydrogen-bond acceptors (Lipinski definition) is 2. The highest BCUT2D eigenvalue weighted by atomic mass is 19.1. The van der Waals surface area contributed by atoms with Crippen LogP contribution in [-0.4, -0.2) is 17.8 Å². The molecule has 16 heavy (non-hydrogen) atoms. The van der Waals surface area contributed by atoms with E-state index in [0.717, 1.165) is 18.2 Å². The largest absolute Gasteiger partial charge is 0.393 e. The third-order valence-corrected chi connectivity index (χ3v) is 3.08.